The SMILES string of the molecule is C.C.CCNC(=O)Nc1ccc(-c2nc(N3CCOCC3)c3cccn3n2)cc1.CCNC(=O)Nc1ccc(B2OC(C)(C)C(C)(C)O2)cc1.Cc1nc(N2CCOCC2)c2cccn2n1. The van der Waals surface area contributed by atoms with E-state index in [1.807, 2.05) is 143 Å². The zero-order valence-corrected chi connectivity index (χ0v) is 37.8. The molecule has 19 heteroatoms. The summed E-state index contributed by atoms with van der Waals surface area (Å²) >= 11 is 0. The van der Waals surface area contributed by atoms with Crippen LogP contribution in [0, 0.1) is 6.92 Å². The number of amides is 4. The molecule has 0 atom stereocenters. The van der Waals surface area contributed by atoms with E-state index in [0.717, 1.165) is 90.3 Å². The predicted octanol–water partition coefficient (Wildman–Crippen LogP) is 6.65. The summed E-state index contributed by atoms with van der Waals surface area (Å²) in [4.78, 5) is 36.9. The van der Waals surface area contributed by atoms with Crippen molar-refractivity contribution in [3.63, 3.8) is 0 Å². The van der Waals surface area contributed by atoms with Crippen LogP contribution in [0.25, 0.3) is 22.4 Å². The topological polar surface area (TPSA) is 186 Å². The fourth-order valence-electron chi connectivity index (χ4n) is 7.16. The Morgan fingerprint density at radius 3 is 1.55 bits per heavy atom. The van der Waals surface area contributed by atoms with Gasteiger partial charge in [-0.15, -0.1) is 5.10 Å². The molecule has 18 nitrogen and oxygen atoms in total. The number of aromatic nitrogens is 6. The molecule has 2 aromatic carbocycles. The van der Waals surface area contributed by atoms with E-state index in [9.17, 15) is 9.59 Å². The molecule has 4 amide bonds. The number of anilines is 4. The molecular formula is C47H67BN12O6. The van der Waals surface area contributed by atoms with Crippen molar-refractivity contribution in [3.05, 3.63) is 91.0 Å². The van der Waals surface area contributed by atoms with E-state index in [-0.39, 0.29) is 45.2 Å². The van der Waals surface area contributed by atoms with Crippen LogP contribution in [-0.2, 0) is 18.8 Å². The number of fused-ring (bicyclic) bond motifs is 2. The number of aryl methyl sites for hydroxylation is 1. The van der Waals surface area contributed by atoms with E-state index in [1.54, 1.807) is 0 Å². The monoisotopic (exact) mass is 907 g/mol. The minimum absolute atomic E-state index is 0. The summed E-state index contributed by atoms with van der Waals surface area (Å²) in [6.07, 6.45) is 3.88. The van der Waals surface area contributed by atoms with Crippen molar-refractivity contribution in [1.29, 1.82) is 0 Å². The number of hydrogen-bond donors (Lipinski definition) is 4. The quantitative estimate of drug-likeness (QED) is 0.120. The van der Waals surface area contributed by atoms with Gasteiger partial charge in [-0.3, -0.25) is 0 Å². The Balaban J connectivity index is 0.000000189. The van der Waals surface area contributed by atoms with Gasteiger partial charge in [-0.2, -0.15) is 5.10 Å². The van der Waals surface area contributed by atoms with E-state index in [0.29, 0.717) is 32.1 Å². The lowest BCUT2D eigenvalue weighted by atomic mass is 9.79. The number of urea groups is 2. The van der Waals surface area contributed by atoms with Gasteiger partial charge < -0.3 is 49.8 Å². The largest absolute Gasteiger partial charge is 0.494 e. The molecule has 6 aromatic rings. The molecule has 0 bridgehead atoms. The highest BCUT2D eigenvalue weighted by molar-refractivity contribution is 6.62. The third-order valence-electron chi connectivity index (χ3n) is 11.2. The Bertz CT molecular complexity index is 2470. The number of carbonyl (C=O) groups excluding carboxylic acids is 2. The molecule has 354 valence electrons. The van der Waals surface area contributed by atoms with Gasteiger partial charge in [0.25, 0.3) is 0 Å². The van der Waals surface area contributed by atoms with Crippen LogP contribution in [0.5, 0.6) is 0 Å². The summed E-state index contributed by atoms with van der Waals surface area (Å²) in [7, 11) is -0.381. The standard InChI is InChI=1S/C19H22N6O2.C15H23BN2O3.C11H14N4O.2CH4/c1-2-20-19(26)21-15-7-5-14(6-8-15)17-22-18(24-10-12-27-13-11-24)16-4-3-9-25(16)23-17;1-6-17-13(19)18-12-9-7-11(8-10-12)16-20-14(2,3)15(4,5)21-16;1-9-12-11(14-5-7-16-8-6-14)10-3-2-4-15(10)13-9;;/h3-9H,2,10-13H2,1H3,(H2,20,21,26);7-10H,6H2,1-5H3,(H2,17,18,19);2-4H,5-8H2,1H3;2*1H4. The molecule has 3 aliphatic rings. The van der Waals surface area contributed by atoms with Gasteiger partial charge in [-0.1, -0.05) is 27.0 Å². The van der Waals surface area contributed by atoms with Crippen LogP contribution >= 0.6 is 0 Å². The average molecular weight is 907 g/mol. The molecule has 9 rings (SSSR count). The zero-order chi connectivity index (χ0) is 45.3. The van der Waals surface area contributed by atoms with Crippen LogP contribution in [0.2, 0.25) is 0 Å². The first kappa shape index (κ1) is 50.7. The van der Waals surface area contributed by atoms with E-state index in [1.165, 1.54) is 0 Å². The highest BCUT2D eigenvalue weighted by atomic mass is 16.7. The normalized spacial score (nSPS) is 16.1. The van der Waals surface area contributed by atoms with E-state index in [2.05, 4.69) is 46.2 Å². The van der Waals surface area contributed by atoms with Crippen molar-refractivity contribution in [1.82, 2.24) is 39.8 Å². The Morgan fingerprint density at radius 1 is 0.636 bits per heavy atom. The predicted molar refractivity (Wildman–Crippen MR) is 263 cm³/mol. The minimum Gasteiger partial charge on any atom is -0.399 e. The Kier molecular flexibility index (Phi) is 17.5. The van der Waals surface area contributed by atoms with Crippen molar-refractivity contribution in [3.8, 4) is 11.4 Å². The van der Waals surface area contributed by atoms with Gasteiger partial charge in [0.2, 0.25) is 0 Å². The Morgan fingerprint density at radius 2 is 1.08 bits per heavy atom. The van der Waals surface area contributed by atoms with Crippen LogP contribution in [0.1, 0.15) is 62.2 Å². The van der Waals surface area contributed by atoms with Gasteiger partial charge in [0.15, 0.2) is 17.5 Å². The maximum absolute atomic E-state index is 11.6. The summed E-state index contributed by atoms with van der Waals surface area (Å²) in [5, 5.41) is 19.9. The van der Waals surface area contributed by atoms with Crippen LogP contribution in [0.4, 0.5) is 32.6 Å². The highest BCUT2D eigenvalue weighted by Crippen LogP contribution is 2.36. The van der Waals surface area contributed by atoms with Gasteiger partial charge in [0, 0.05) is 68.6 Å². The number of nitrogens with one attached hydrogen (secondary N) is 4. The van der Waals surface area contributed by atoms with Crippen molar-refractivity contribution in [2.45, 2.75) is 74.5 Å². The third kappa shape index (κ3) is 12.3. The maximum Gasteiger partial charge on any atom is 0.494 e. The number of morpholine rings is 2. The number of rotatable bonds is 8. The highest BCUT2D eigenvalue weighted by Gasteiger charge is 2.51. The lowest BCUT2D eigenvalue weighted by Gasteiger charge is -2.32. The average Bonchev–Trinajstić information content (AvgIpc) is 4.02. The molecular weight excluding hydrogens is 839 g/mol. The van der Waals surface area contributed by atoms with Gasteiger partial charge in [-0.25, -0.2) is 28.6 Å². The van der Waals surface area contributed by atoms with Gasteiger partial charge in [-0.05, 0) is 115 Å². The summed E-state index contributed by atoms with van der Waals surface area (Å²) in [5.74, 6) is 3.37. The zero-order valence-electron chi connectivity index (χ0n) is 37.8. The molecule has 0 aliphatic carbocycles. The van der Waals surface area contributed by atoms with E-state index in [4.69, 9.17) is 23.8 Å². The van der Waals surface area contributed by atoms with Crippen LogP contribution < -0.4 is 36.5 Å². The van der Waals surface area contributed by atoms with Gasteiger partial charge in [0.1, 0.15) is 16.9 Å². The number of benzene rings is 2. The summed E-state index contributed by atoms with van der Waals surface area (Å²) in [6.45, 7) is 21.3. The van der Waals surface area contributed by atoms with Crippen molar-refractivity contribution >= 4 is 58.7 Å². The molecule has 3 fully saturated rings. The number of hydrogen-bond acceptors (Lipinski definition) is 12. The summed E-state index contributed by atoms with van der Waals surface area (Å²) in [5.41, 5.74) is 4.63. The smallest absolute Gasteiger partial charge is 0.399 e. The summed E-state index contributed by atoms with van der Waals surface area (Å²) in [6, 6.07) is 22.6. The van der Waals surface area contributed by atoms with Gasteiger partial charge >= 0.3 is 19.2 Å². The number of carbonyl (C=O) groups is 2. The third-order valence-corrected chi connectivity index (χ3v) is 11.2. The summed E-state index contributed by atoms with van der Waals surface area (Å²) < 4.78 is 26.5. The number of nitrogens with zero attached hydrogens (tertiary/aromatic N) is 8. The van der Waals surface area contributed by atoms with Crippen LogP contribution in [0.3, 0.4) is 0 Å². The molecule has 3 saturated heterocycles. The first-order chi connectivity index (χ1) is 30.8. The van der Waals surface area contributed by atoms with Crippen molar-refractivity contribution < 1.29 is 28.4 Å². The van der Waals surface area contributed by atoms with Crippen molar-refractivity contribution in [2.24, 2.45) is 0 Å². The fraction of sp³-hybridized carbons (Fsp3) is 0.447. The second-order valence-corrected chi connectivity index (χ2v) is 16.4. The first-order valence-electron chi connectivity index (χ1n) is 21.8. The van der Waals surface area contributed by atoms with Crippen LogP contribution in [-0.4, -0.2) is 125 Å². The molecule has 0 radical (unpaired) electrons. The molecule has 4 aromatic heterocycles. The molecule has 0 spiro atoms. The fourth-order valence-corrected chi connectivity index (χ4v) is 7.16. The Hall–Kier alpha value is -6.28. The second kappa shape index (κ2) is 22.8. The lowest BCUT2D eigenvalue weighted by Crippen LogP contribution is -2.41. The van der Waals surface area contributed by atoms with Gasteiger partial charge in [0.05, 0.1) is 37.6 Å². The molecule has 0 saturated carbocycles. The molecule has 0 unspecified atom stereocenters. The van der Waals surface area contributed by atoms with E-state index < -0.39 is 0 Å². The number of ether oxygens (including phenoxy) is 2. The molecule has 4 N–H and O–H groups in total. The van der Waals surface area contributed by atoms with Crippen LogP contribution in [0.15, 0.2) is 85.2 Å². The van der Waals surface area contributed by atoms with E-state index >= 15 is 0 Å². The maximum atomic E-state index is 11.6. The minimum atomic E-state index is -0.381. The second-order valence-electron chi connectivity index (χ2n) is 16.4. The molecule has 7 heterocycles. The molecule has 3 aliphatic heterocycles. The molecule has 66 heavy (non-hydrogen) atoms. The Labute approximate surface area is 388 Å². The van der Waals surface area contributed by atoms with Crippen molar-refractivity contribution in [2.75, 3.05) is 86.1 Å². The first-order valence-corrected chi connectivity index (χ1v) is 21.8. The lowest BCUT2D eigenvalue weighted by molar-refractivity contribution is 0.00578.